The summed E-state index contributed by atoms with van der Waals surface area (Å²) < 4.78 is 3.91. The van der Waals surface area contributed by atoms with E-state index in [0.29, 0.717) is 18.8 Å². The largest absolute Gasteiger partial charge is 0.352 e. The summed E-state index contributed by atoms with van der Waals surface area (Å²) in [5.74, 6) is 2.13. The molecule has 10 heteroatoms. The molecule has 30 heavy (non-hydrogen) atoms. The number of amides is 1. The second-order valence-corrected chi connectivity index (χ2v) is 9.08. The second-order valence-electron chi connectivity index (χ2n) is 6.82. The number of imidazole rings is 1. The van der Waals surface area contributed by atoms with Crippen molar-refractivity contribution in [3.05, 3.63) is 55.1 Å². The Morgan fingerprint density at radius 1 is 1.03 bits per heavy atom. The molecule has 0 radical (unpaired) electrons. The van der Waals surface area contributed by atoms with Gasteiger partial charge < -0.3 is 9.80 Å². The van der Waals surface area contributed by atoms with Crippen LogP contribution < -0.4 is 4.90 Å². The van der Waals surface area contributed by atoms with Crippen molar-refractivity contribution in [3.8, 4) is 5.82 Å². The molecule has 3 aromatic heterocycles. The Kier molecular flexibility index (Phi) is 5.33. The summed E-state index contributed by atoms with van der Waals surface area (Å²) in [5.41, 5.74) is 0.992. The predicted molar refractivity (Wildman–Crippen MR) is 118 cm³/mol. The van der Waals surface area contributed by atoms with Gasteiger partial charge in [-0.1, -0.05) is 23.9 Å². The monoisotopic (exact) mass is 437 g/mol. The molecule has 1 saturated heterocycles. The Morgan fingerprint density at radius 3 is 2.57 bits per heavy atom. The van der Waals surface area contributed by atoms with Gasteiger partial charge in [-0.25, -0.2) is 9.97 Å². The van der Waals surface area contributed by atoms with Gasteiger partial charge >= 0.3 is 0 Å². The van der Waals surface area contributed by atoms with Crippen molar-refractivity contribution in [2.75, 3.05) is 36.8 Å². The number of nitrogens with zero attached hydrogens (tertiary/aromatic N) is 7. The third-order valence-corrected chi connectivity index (χ3v) is 7.12. The summed E-state index contributed by atoms with van der Waals surface area (Å²) in [6.07, 6.45) is 5.24. The first kappa shape index (κ1) is 19.0. The van der Waals surface area contributed by atoms with E-state index in [2.05, 4.69) is 31.1 Å². The number of thiazole rings is 1. The molecule has 152 valence electrons. The van der Waals surface area contributed by atoms with Crippen molar-refractivity contribution in [3.63, 3.8) is 0 Å². The highest BCUT2D eigenvalue weighted by Gasteiger charge is 2.22. The Morgan fingerprint density at radius 2 is 1.83 bits per heavy atom. The molecule has 5 rings (SSSR count). The quantitative estimate of drug-likeness (QED) is 0.444. The van der Waals surface area contributed by atoms with Crippen LogP contribution in [0.15, 0.2) is 59.5 Å². The van der Waals surface area contributed by atoms with Gasteiger partial charge in [-0.2, -0.15) is 0 Å². The summed E-state index contributed by atoms with van der Waals surface area (Å²) in [6, 6.07) is 11.9. The van der Waals surface area contributed by atoms with Crippen LogP contribution in [0.4, 0.5) is 5.82 Å². The maximum Gasteiger partial charge on any atom is 0.233 e. The van der Waals surface area contributed by atoms with Crippen LogP contribution in [0.1, 0.15) is 0 Å². The lowest BCUT2D eigenvalue weighted by Gasteiger charge is -2.35. The van der Waals surface area contributed by atoms with E-state index in [4.69, 9.17) is 0 Å². The third kappa shape index (κ3) is 4.01. The summed E-state index contributed by atoms with van der Waals surface area (Å²) >= 11 is 3.15. The molecule has 0 spiro atoms. The maximum absolute atomic E-state index is 12.6. The second kappa shape index (κ2) is 8.41. The first-order valence-electron chi connectivity index (χ1n) is 9.59. The number of thioether (sulfide) groups is 1. The highest BCUT2D eigenvalue weighted by atomic mass is 32.2. The fraction of sp³-hybridized carbons (Fsp3) is 0.250. The molecule has 0 aliphatic carbocycles. The molecule has 1 fully saturated rings. The molecule has 0 unspecified atom stereocenters. The summed E-state index contributed by atoms with van der Waals surface area (Å²) in [4.78, 5) is 25.3. The third-order valence-electron chi connectivity index (χ3n) is 4.96. The van der Waals surface area contributed by atoms with Gasteiger partial charge in [0.15, 0.2) is 16.0 Å². The van der Waals surface area contributed by atoms with E-state index in [1.54, 1.807) is 23.9 Å². The molecular weight excluding hydrogens is 418 g/mol. The van der Waals surface area contributed by atoms with Gasteiger partial charge in [-0.3, -0.25) is 9.36 Å². The van der Waals surface area contributed by atoms with Crippen LogP contribution in [0.5, 0.6) is 0 Å². The number of aromatic nitrogens is 5. The number of hydrogen-bond acceptors (Lipinski definition) is 8. The van der Waals surface area contributed by atoms with Crippen molar-refractivity contribution in [1.82, 2.24) is 29.6 Å². The van der Waals surface area contributed by atoms with Gasteiger partial charge in [0.1, 0.15) is 6.33 Å². The molecule has 1 aliphatic heterocycles. The van der Waals surface area contributed by atoms with E-state index in [-0.39, 0.29) is 5.91 Å². The van der Waals surface area contributed by atoms with E-state index in [0.717, 1.165) is 39.3 Å². The SMILES string of the molecule is O=C(CSc1nc2ccccc2s1)N1CCN(c2ccc(-n3ccnc3)nn2)CC1. The number of anilines is 1. The van der Waals surface area contributed by atoms with Gasteiger partial charge in [-0.05, 0) is 24.3 Å². The molecule has 1 aromatic carbocycles. The Labute approximate surface area is 181 Å². The minimum absolute atomic E-state index is 0.153. The number of piperazine rings is 1. The minimum Gasteiger partial charge on any atom is -0.352 e. The zero-order valence-corrected chi connectivity index (χ0v) is 17.7. The number of carbonyl (C=O) groups excluding carboxylic acids is 1. The number of hydrogen-bond donors (Lipinski definition) is 0. The molecule has 4 heterocycles. The average molecular weight is 438 g/mol. The molecule has 0 atom stereocenters. The lowest BCUT2D eigenvalue weighted by atomic mass is 10.3. The Hall–Kier alpha value is -2.98. The van der Waals surface area contributed by atoms with Crippen LogP contribution in [0, 0.1) is 0 Å². The van der Waals surface area contributed by atoms with Gasteiger partial charge in [-0.15, -0.1) is 21.5 Å². The van der Waals surface area contributed by atoms with Gasteiger partial charge in [0.05, 0.1) is 16.0 Å². The summed E-state index contributed by atoms with van der Waals surface area (Å²) in [6.45, 7) is 2.86. The molecule has 0 N–H and O–H groups in total. The van der Waals surface area contributed by atoms with Crippen LogP contribution >= 0.6 is 23.1 Å². The van der Waals surface area contributed by atoms with E-state index in [1.165, 1.54) is 11.8 Å². The molecule has 1 aliphatic rings. The van der Waals surface area contributed by atoms with Crippen molar-refractivity contribution in [2.45, 2.75) is 4.34 Å². The van der Waals surface area contributed by atoms with Crippen molar-refractivity contribution >= 4 is 45.0 Å². The summed E-state index contributed by atoms with van der Waals surface area (Å²) in [7, 11) is 0. The molecule has 0 saturated carbocycles. The minimum atomic E-state index is 0.153. The van der Waals surface area contributed by atoms with Crippen molar-refractivity contribution in [1.29, 1.82) is 0 Å². The normalized spacial score (nSPS) is 14.4. The lowest BCUT2D eigenvalue weighted by Crippen LogP contribution is -2.49. The smallest absolute Gasteiger partial charge is 0.233 e. The topological polar surface area (TPSA) is 80.0 Å². The lowest BCUT2D eigenvalue weighted by molar-refractivity contribution is -0.128. The maximum atomic E-state index is 12.6. The van der Waals surface area contributed by atoms with Crippen LogP contribution in [0.3, 0.4) is 0 Å². The zero-order valence-electron chi connectivity index (χ0n) is 16.1. The van der Waals surface area contributed by atoms with E-state index < -0.39 is 0 Å². The Balaban J connectivity index is 1.14. The van der Waals surface area contributed by atoms with Crippen LogP contribution in [0.25, 0.3) is 16.0 Å². The number of para-hydroxylation sites is 1. The van der Waals surface area contributed by atoms with Crippen LogP contribution in [-0.2, 0) is 4.79 Å². The number of fused-ring (bicyclic) bond motifs is 1. The van der Waals surface area contributed by atoms with Crippen molar-refractivity contribution < 1.29 is 4.79 Å². The van der Waals surface area contributed by atoms with Crippen molar-refractivity contribution in [2.24, 2.45) is 0 Å². The van der Waals surface area contributed by atoms with E-state index >= 15 is 0 Å². The predicted octanol–water partition coefficient (Wildman–Crippen LogP) is 2.71. The van der Waals surface area contributed by atoms with Crippen LogP contribution in [-0.4, -0.2) is 67.5 Å². The number of carbonyl (C=O) groups is 1. The fourth-order valence-corrected chi connectivity index (χ4v) is 5.30. The number of rotatable bonds is 5. The van der Waals surface area contributed by atoms with E-state index in [1.807, 2.05) is 46.0 Å². The summed E-state index contributed by atoms with van der Waals surface area (Å²) in [5, 5.41) is 8.61. The van der Waals surface area contributed by atoms with Gasteiger partial charge in [0.2, 0.25) is 5.91 Å². The molecule has 8 nitrogen and oxygen atoms in total. The van der Waals surface area contributed by atoms with Crippen LogP contribution in [0.2, 0.25) is 0 Å². The highest BCUT2D eigenvalue weighted by molar-refractivity contribution is 8.01. The van der Waals surface area contributed by atoms with Gasteiger partial charge in [0, 0.05) is 38.6 Å². The first-order chi connectivity index (χ1) is 14.8. The van der Waals surface area contributed by atoms with Gasteiger partial charge in [0.25, 0.3) is 0 Å². The Bertz CT molecular complexity index is 1100. The fourth-order valence-electron chi connectivity index (χ4n) is 3.33. The number of benzene rings is 1. The molecule has 1 amide bonds. The molecular formula is C20H19N7OS2. The first-order valence-corrected chi connectivity index (χ1v) is 11.4. The molecule has 0 bridgehead atoms. The molecule has 4 aromatic rings. The highest BCUT2D eigenvalue weighted by Crippen LogP contribution is 2.29. The average Bonchev–Trinajstić information content (AvgIpc) is 3.47. The zero-order chi connectivity index (χ0) is 20.3. The standard InChI is InChI=1S/C20H19N7OS2/c28-19(13-29-20-22-15-3-1-2-4-16(15)30-20)26-11-9-25(10-12-26)17-5-6-18(24-23-17)27-8-7-21-14-27/h1-8,14H,9-13H2. The van der Waals surface area contributed by atoms with E-state index in [9.17, 15) is 4.79 Å².